The third kappa shape index (κ3) is 3.24. The number of aromatic amines is 1. The molecular formula is C15H17N7O2S. The van der Waals surface area contributed by atoms with Crippen LogP contribution >= 0.6 is 0 Å². The minimum atomic E-state index is -3.52. The van der Waals surface area contributed by atoms with Gasteiger partial charge in [-0.05, 0) is 18.2 Å². The summed E-state index contributed by atoms with van der Waals surface area (Å²) < 4.78 is 28.1. The summed E-state index contributed by atoms with van der Waals surface area (Å²) >= 11 is 0. The van der Waals surface area contributed by atoms with Crippen LogP contribution in [0.2, 0.25) is 0 Å². The number of nitriles is 1. The first-order valence-electron chi connectivity index (χ1n) is 7.76. The fourth-order valence-electron chi connectivity index (χ4n) is 2.56. The van der Waals surface area contributed by atoms with Crippen molar-refractivity contribution in [3.8, 4) is 6.07 Å². The first-order chi connectivity index (χ1) is 12.0. The monoisotopic (exact) mass is 359 g/mol. The van der Waals surface area contributed by atoms with Crippen molar-refractivity contribution in [1.29, 1.82) is 5.26 Å². The Morgan fingerprint density at radius 2 is 2.08 bits per heavy atom. The van der Waals surface area contributed by atoms with E-state index in [0.29, 0.717) is 36.5 Å². The summed E-state index contributed by atoms with van der Waals surface area (Å²) in [6.07, 6.45) is 1.45. The van der Waals surface area contributed by atoms with Gasteiger partial charge in [0.2, 0.25) is 10.0 Å². The Kier molecular flexibility index (Phi) is 4.52. The molecule has 0 bridgehead atoms. The quantitative estimate of drug-likeness (QED) is 0.703. The maximum absolute atomic E-state index is 12.6. The minimum Gasteiger partial charge on any atom is -0.340 e. The number of hydrogen-bond donors (Lipinski definition) is 1. The fraction of sp³-hybridized carbons (Fsp3) is 0.333. The van der Waals surface area contributed by atoms with Crippen molar-refractivity contribution in [2.24, 2.45) is 0 Å². The number of nitrogens with one attached hydrogen (secondary N) is 1. The molecule has 130 valence electrons. The Labute approximate surface area is 145 Å². The molecule has 0 aliphatic heterocycles. The van der Waals surface area contributed by atoms with E-state index in [1.807, 2.05) is 19.9 Å². The molecule has 9 nitrogen and oxygen atoms in total. The average molecular weight is 359 g/mol. The highest BCUT2D eigenvalue weighted by Gasteiger charge is 2.22. The summed E-state index contributed by atoms with van der Waals surface area (Å²) in [6, 6.07) is 6.68. The molecule has 1 N–H and O–H groups in total. The van der Waals surface area contributed by atoms with Crippen LogP contribution in [0.3, 0.4) is 0 Å². The van der Waals surface area contributed by atoms with Crippen LogP contribution in [0.1, 0.15) is 25.5 Å². The molecule has 25 heavy (non-hydrogen) atoms. The normalized spacial score (nSPS) is 11.9. The summed E-state index contributed by atoms with van der Waals surface area (Å²) in [5, 5.41) is 12.7. The largest absolute Gasteiger partial charge is 0.340 e. The molecule has 0 saturated heterocycles. The molecule has 0 unspecified atom stereocenters. The Bertz CT molecular complexity index is 1040. The van der Waals surface area contributed by atoms with E-state index in [2.05, 4.69) is 20.1 Å². The van der Waals surface area contributed by atoms with Gasteiger partial charge < -0.3 is 4.98 Å². The van der Waals surface area contributed by atoms with Crippen molar-refractivity contribution in [3.63, 3.8) is 0 Å². The number of H-pyrrole nitrogens is 1. The van der Waals surface area contributed by atoms with Crippen LogP contribution in [0.4, 0.5) is 0 Å². The van der Waals surface area contributed by atoms with Gasteiger partial charge >= 0.3 is 0 Å². The van der Waals surface area contributed by atoms with Crippen LogP contribution in [0.15, 0.2) is 29.4 Å². The zero-order valence-corrected chi connectivity index (χ0v) is 14.7. The van der Waals surface area contributed by atoms with E-state index in [-0.39, 0.29) is 10.7 Å². The highest BCUT2D eigenvalue weighted by molar-refractivity contribution is 7.89. The third-order valence-electron chi connectivity index (χ3n) is 3.79. The first kappa shape index (κ1) is 17.1. The minimum absolute atomic E-state index is 0.0868. The molecule has 3 aromatic rings. The molecule has 1 aromatic carbocycles. The van der Waals surface area contributed by atoms with Crippen molar-refractivity contribution in [2.75, 3.05) is 13.1 Å². The molecule has 0 aliphatic rings. The Morgan fingerprint density at radius 3 is 2.72 bits per heavy atom. The lowest BCUT2D eigenvalue weighted by molar-refractivity contribution is 0.445. The number of imidazole rings is 1. The molecule has 0 radical (unpaired) electrons. The van der Waals surface area contributed by atoms with E-state index in [9.17, 15) is 8.42 Å². The molecule has 0 atom stereocenters. The van der Waals surface area contributed by atoms with Crippen molar-refractivity contribution in [1.82, 2.24) is 29.0 Å². The maximum atomic E-state index is 12.6. The Morgan fingerprint density at radius 1 is 1.32 bits per heavy atom. The summed E-state index contributed by atoms with van der Waals surface area (Å²) in [6.45, 7) is 4.75. The Balaban J connectivity index is 1.93. The van der Waals surface area contributed by atoms with E-state index in [4.69, 9.17) is 5.26 Å². The second-order valence-electron chi connectivity index (χ2n) is 5.33. The third-order valence-corrected chi connectivity index (χ3v) is 5.84. The molecule has 0 amide bonds. The lowest BCUT2D eigenvalue weighted by Crippen LogP contribution is -2.30. The fourth-order valence-corrected chi connectivity index (χ4v) is 4.05. The predicted molar refractivity (Wildman–Crippen MR) is 90.0 cm³/mol. The summed E-state index contributed by atoms with van der Waals surface area (Å²) in [5.41, 5.74) is 1.29. The number of nitrogens with zero attached hydrogens (tertiary/aromatic N) is 6. The smallest absolute Gasteiger partial charge is 0.252 e. The van der Waals surface area contributed by atoms with Crippen molar-refractivity contribution in [2.45, 2.75) is 25.3 Å². The first-order valence-corrected chi connectivity index (χ1v) is 9.20. The predicted octanol–water partition coefficient (Wildman–Crippen LogP) is 1.10. The van der Waals surface area contributed by atoms with Crippen molar-refractivity contribution >= 4 is 21.1 Å². The SMILES string of the molecule is CCN(CC)S(=O)(=O)c1ccc2nc(Cn3cnc(C#N)n3)[nH]c2c1. The zero-order chi connectivity index (χ0) is 18.0. The number of rotatable bonds is 6. The van der Waals surface area contributed by atoms with Crippen LogP contribution < -0.4 is 0 Å². The molecule has 10 heteroatoms. The standard InChI is InChI=1S/C15H17N7O2S/c1-3-22(4-2)25(23,24)11-5-6-12-13(7-11)19-15(18-12)9-21-10-17-14(8-16)20-21/h5-7,10H,3-4,9H2,1-2H3,(H,18,19). The molecule has 0 spiro atoms. The summed E-state index contributed by atoms with van der Waals surface area (Å²) in [4.78, 5) is 11.6. The molecule has 3 rings (SSSR count). The number of aromatic nitrogens is 5. The van der Waals surface area contributed by atoms with Gasteiger partial charge in [0.25, 0.3) is 5.82 Å². The topological polar surface area (TPSA) is 121 Å². The van der Waals surface area contributed by atoms with Gasteiger partial charge in [0, 0.05) is 13.1 Å². The molecule has 0 saturated carbocycles. The van der Waals surface area contributed by atoms with Crippen molar-refractivity contribution in [3.05, 3.63) is 36.2 Å². The van der Waals surface area contributed by atoms with Crippen LogP contribution in [0, 0.1) is 11.3 Å². The van der Waals surface area contributed by atoms with Crippen molar-refractivity contribution < 1.29 is 8.42 Å². The summed E-state index contributed by atoms with van der Waals surface area (Å²) in [5.74, 6) is 0.686. The molecule has 2 heterocycles. The van der Waals surface area contributed by atoms with E-state index < -0.39 is 10.0 Å². The number of benzene rings is 1. The van der Waals surface area contributed by atoms with Gasteiger partial charge in [0.15, 0.2) is 0 Å². The number of hydrogen-bond acceptors (Lipinski definition) is 6. The van der Waals surface area contributed by atoms with Crippen LogP contribution in [-0.2, 0) is 16.6 Å². The molecule has 2 aromatic heterocycles. The van der Waals surface area contributed by atoms with E-state index in [0.717, 1.165) is 0 Å². The van der Waals surface area contributed by atoms with Gasteiger partial charge in [0.05, 0.1) is 15.9 Å². The Hall–Kier alpha value is -2.77. The van der Waals surface area contributed by atoms with Crippen LogP contribution in [0.25, 0.3) is 11.0 Å². The van der Waals surface area contributed by atoms with Gasteiger partial charge in [0.1, 0.15) is 24.8 Å². The second kappa shape index (κ2) is 6.62. The van der Waals surface area contributed by atoms with Gasteiger partial charge in [-0.1, -0.05) is 13.8 Å². The van der Waals surface area contributed by atoms with Crippen LogP contribution in [0.5, 0.6) is 0 Å². The van der Waals surface area contributed by atoms with Gasteiger partial charge in [-0.25, -0.2) is 23.1 Å². The molecule has 0 aliphatic carbocycles. The maximum Gasteiger partial charge on any atom is 0.252 e. The van der Waals surface area contributed by atoms with E-state index >= 15 is 0 Å². The number of sulfonamides is 1. The highest BCUT2D eigenvalue weighted by atomic mass is 32.2. The number of fused-ring (bicyclic) bond motifs is 1. The average Bonchev–Trinajstić information content (AvgIpc) is 3.21. The zero-order valence-electron chi connectivity index (χ0n) is 13.8. The van der Waals surface area contributed by atoms with E-state index in [1.54, 1.807) is 18.2 Å². The summed E-state index contributed by atoms with van der Waals surface area (Å²) in [7, 11) is -3.52. The van der Waals surface area contributed by atoms with Gasteiger partial charge in [-0.15, -0.1) is 5.10 Å². The molecular weight excluding hydrogens is 342 g/mol. The lowest BCUT2D eigenvalue weighted by atomic mass is 10.3. The lowest BCUT2D eigenvalue weighted by Gasteiger charge is -2.18. The molecule has 0 fully saturated rings. The van der Waals surface area contributed by atoms with Gasteiger partial charge in [-0.3, -0.25) is 0 Å². The van der Waals surface area contributed by atoms with Gasteiger partial charge in [-0.2, -0.15) is 9.57 Å². The van der Waals surface area contributed by atoms with Crippen LogP contribution in [-0.4, -0.2) is 50.5 Å². The van der Waals surface area contributed by atoms with E-state index in [1.165, 1.54) is 15.3 Å². The second-order valence-corrected chi connectivity index (χ2v) is 7.27. The highest BCUT2D eigenvalue weighted by Crippen LogP contribution is 2.21.